The molecule has 1 aliphatic rings. The summed E-state index contributed by atoms with van der Waals surface area (Å²) in [5.41, 5.74) is -0.0382. The molecule has 0 aromatic carbocycles. The molecule has 112 valence electrons. The van der Waals surface area contributed by atoms with E-state index in [2.05, 4.69) is 5.32 Å². The van der Waals surface area contributed by atoms with Crippen LogP contribution in [-0.2, 0) is 16.6 Å². The lowest BCUT2D eigenvalue weighted by Crippen LogP contribution is -2.35. The predicted molar refractivity (Wildman–Crippen MR) is 77.8 cm³/mol. The monoisotopic (exact) mass is 298 g/mol. The van der Waals surface area contributed by atoms with Crippen LogP contribution in [0.15, 0.2) is 33.8 Å². The first-order valence-corrected chi connectivity index (χ1v) is 8.22. The minimum Gasteiger partial charge on any atom is -0.447 e. The lowest BCUT2D eigenvalue weighted by Gasteiger charge is -2.21. The number of furan rings is 1. The molecular formula is C14H22N2O3S. The van der Waals surface area contributed by atoms with Crippen LogP contribution in [0.2, 0.25) is 0 Å². The van der Waals surface area contributed by atoms with Crippen molar-refractivity contribution in [1.82, 2.24) is 9.62 Å². The first-order chi connectivity index (χ1) is 9.29. The first-order valence-electron chi connectivity index (χ1n) is 6.78. The third-order valence-corrected chi connectivity index (χ3v) is 4.78. The molecule has 20 heavy (non-hydrogen) atoms. The Labute approximate surface area is 120 Å². The van der Waals surface area contributed by atoms with Crippen molar-refractivity contribution in [3.63, 3.8) is 0 Å². The number of sulfonamides is 1. The van der Waals surface area contributed by atoms with Crippen molar-refractivity contribution < 1.29 is 12.8 Å². The zero-order chi connectivity index (χ0) is 14.8. The van der Waals surface area contributed by atoms with Gasteiger partial charge in [-0.05, 0) is 39.3 Å². The van der Waals surface area contributed by atoms with Gasteiger partial charge in [-0.25, -0.2) is 8.42 Å². The van der Waals surface area contributed by atoms with E-state index in [4.69, 9.17) is 4.42 Å². The Morgan fingerprint density at radius 1 is 1.30 bits per heavy atom. The largest absolute Gasteiger partial charge is 0.447 e. The Kier molecular flexibility index (Phi) is 4.36. The summed E-state index contributed by atoms with van der Waals surface area (Å²) < 4.78 is 31.7. The summed E-state index contributed by atoms with van der Waals surface area (Å²) in [6, 6.07) is 3.25. The first kappa shape index (κ1) is 15.3. The Balaban J connectivity index is 2.09. The highest BCUT2D eigenvalue weighted by Crippen LogP contribution is 2.20. The lowest BCUT2D eigenvalue weighted by molar-refractivity contribution is 0.348. The van der Waals surface area contributed by atoms with Gasteiger partial charge in [0.15, 0.2) is 0 Å². The van der Waals surface area contributed by atoms with Crippen LogP contribution in [0.4, 0.5) is 0 Å². The van der Waals surface area contributed by atoms with Gasteiger partial charge < -0.3 is 9.73 Å². The van der Waals surface area contributed by atoms with Crippen LogP contribution < -0.4 is 5.32 Å². The van der Waals surface area contributed by atoms with Gasteiger partial charge >= 0.3 is 0 Å². The second kappa shape index (κ2) is 5.71. The molecule has 1 N–H and O–H groups in total. The molecule has 0 aliphatic carbocycles. The third kappa shape index (κ3) is 3.71. The van der Waals surface area contributed by atoms with Crippen molar-refractivity contribution >= 4 is 10.0 Å². The Hall–Kier alpha value is -1.11. The van der Waals surface area contributed by atoms with Gasteiger partial charge in [-0.15, -0.1) is 0 Å². The van der Waals surface area contributed by atoms with E-state index in [1.165, 1.54) is 10.4 Å². The van der Waals surface area contributed by atoms with Crippen molar-refractivity contribution in [3.8, 4) is 0 Å². The lowest BCUT2D eigenvalue weighted by atomic mass is 10.1. The average Bonchev–Trinajstić information content (AvgIpc) is 2.86. The highest BCUT2D eigenvalue weighted by atomic mass is 32.2. The van der Waals surface area contributed by atoms with Gasteiger partial charge in [-0.2, -0.15) is 4.31 Å². The zero-order valence-corrected chi connectivity index (χ0v) is 13.0. The summed E-state index contributed by atoms with van der Waals surface area (Å²) in [5.74, 6) is 0.631. The van der Waals surface area contributed by atoms with E-state index in [0.717, 1.165) is 6.42 Å². The summed E-state index contributed by atoms with van der Waals surface area (Å²) in [6.45, 7) is 7.58. The molecule has 0 bridgehead atoms. The van der Waals surface area contributed by atoms with Gasteiger partial charge in [0.25, 0.3) is 10.0 Å². The maximum absolute atomic E-state index is 12.4. The number of hydrogen-bond donors (Lipinski definition) is 1. The summed E-state index contributed by atoms with van der Waals surface area (Å²) in [6.07, 6.45) is 4.61. The molecule has 0 saturated heterocycles. The number of rotatable bonds is 4. The summed E-state index contributed by atoms with van der Waals surface area (Å²) in [5, 5.41) is 3.30. The highest BCUT2D eigenvalue weighted by molar-refractivity contribution is 7.89. The molecule has 0 atom stereocenters. The fourth-order valence-electron chi connectivity index (χ4n) is 1.91. The molecule has 0 amide bonds. The smallest absolute Gasteiger partial charge is 0.276 e. The molecule has 0 radical (unpaired) electrons. The van der Waals surface area contributed by atoms with E-state index in [1.807, 2.05) is 32.9 Å². The summed E-state index contributed by atoms with van der Waals surface area (Å²) in [7, 11) is -3.51. The van der Waals surface area contributed by atoms with Crippen LogP contribution in [0.5, 0.6) is 0 Å². The summed E-state index contributed by atoms with van der Waals surface area (Å²) in [4.78, 5) is 0. The van der Waals surface area contributed by atoms with E-state index in [1.54, 1.807) is 6.07 Å². The van der Waals surface area contributed by atoms with Gasteiger partial charge in [0.2, 0.25) is 5.09 Å². The fourth-order valence-corrected chi connectivity index (χ4v) is 3.24. The van der Waals surface area contributed by atoms with Crippen LogP contribution in [-0.4, -0.2) is 31.4 Å². The zero-order valence-electron chi connectivity index (χ0n) is 12.2. The molecule has 2 rings (SSSR count). The molecule has 1 aromatic heterocycles. The van der Waals surface area contributed by atoms with Crippen LogP contribution in [0.1, 0.15) is 33.0 Å². The van der Waals surface area contributed by atoms with Gasteiger partial charge in [0.1, 0.15) is 5.76 Å². The van der Waals surface area contributed by atoms with Gasteiger partial charge in [0.05, 0.1) is 6.54 Å². The van der Waals surface area contributed by atoms with E-state index in [0.29, 0.717) is 25.4 Å². The standard InChI is InChI=1S/C14H22N2O3S/c1-14(2,3)15-11-12-7-8-13(19-12)20(17,18)16-9-5-4-6-10-16/h4-5,7-8,15H,6,9-11H2,1-3H3. The molecule has 0 spiro atoms. The number of nitrogens with one attached hydrogen (secondary N) is 1. The molecule has 1 aromatic rings. The van der Waals surface area contributed by atoms with Gasteiger partial charge in [-0.1, -0.05) is 12.2 Å². The van der Waals surface area contributed by atoms with Crippen molar-refractivity contribution in [2.75, 3.05) is 13.1 Å². The SMILES string of the molecule is CC(C)(C)NCc1ccc(S(=O)(=O)N2CC=CCC2)o1. The maximum Gasteiger partial charge on any atom is 0.276 e. The number of hydrogen-bond acceptors (Lipinski definition) is 4. The van der Waals surface area contributed by atoms with Crippen molar-refractivity contribution in [2.45, 2.75) is 44.4 Å². The minimum absolute atomic E-state index is 0.0264. The molecule has 6 heteroatoms. The van der Waals surface area contributed by atoms with Gasteiger partial charge in [-0.3, -0.25) is 0 Å². The molecule has 1 aliphatic heterocycles. The quantitative estimate of drug-likeness (QED) is 0.865. The third-order valence-electron chi connectivity index (χ3n) is 3.04. The topological polar surface area (TPSA) is 62.6 Å². The van der Waals surface area contributed by atoms with Crippen molar-refractivity contribution in [1.29, 1.82) is 0 Å². The van der Waals surface area contributed by atoms with E-state index in [9.17, 15) is 8.42 Å². The maximum atomic E-state index is 12.4. The average molecular weight is 298 g/mol. The predicted octanol–water partition coefficient (Wildman–Crippen LogP) is 2.12. The highest BCUT2D eigenvalue weighted by Gasteiger charge is 2.27. The molecule has 0 fully saturated rings. The molecular weight excluding hydrogens is 276 g/mol. The second-order valence-corrected chi connectivity index (χ2v) is 7.82. The minimum atomic E-state index is -3.51. The number of nitrogens with zero attached hydrogens (tertiary/aromatic N) is 1. The normalized spacial score (nSPS) is 17.6. The molecule has 5 nitrogen and oxygen atoms in total. The fraction of sp³-hybridized carbons (Fsp3) is 0.571. The van der Waals surface area contributed by atoms with Crippen LogP contribution in [0.25, 0.3) is 0 Å². The molecule has 2 heterocycles. The Bertz CT molecular complexity index is 582. The van der Waals surface area contributed by atoms with E-state index >= 15 is 0 Å². The van der Waals surface area contributed by atoms with Crippen LogP contribution in [0, 0.1) is 0 Å². The van der Waals surface area contributed by atoms with Crippen molar-refractivity contribution in [2.24, 2.45) is 0 Å². The summed E-state index contributed by atoms with van der Waals surface area (Å²) >= 11 is 0. The molecule has 0 unspecified atom stereocenters. The Morgan fingerprint density at radius 3 is 2.65 bits per heavy atom. The van der Waals surface area contributed by atoms with Crippen molar-refractivity contribution in [3.05, 3.63) is 30.0 Å². The van der Waals surface area contributed by atoms with Gasteiger partial charge in [0, 0.05) is 18.6 Å². The van der Waals surface area contributed by atoms with E-state index < -0.39 is 10.0 Å². The van der Waals surface area contributed by atoms with E-state index in [-0.39, 0.29) is 10.6 Å². The second-order valence-electron chi connectivity index (χ2n) is 5.95. The van der Waals surface area contributed by atoms with Crippen LogP contribution in [0.3, 0.4) is 0 Å². The molecule has 0 saturated carbocycles. The Morgan fingerprint density at radius 2 is 2.05 bits per heavy atom. The van der Waals surface area contributed by atoms with Crippen LogP contribution >= 0.6 is 0 Å².